The smallest absolute Gasteiger partial charge is 0.184 e. The van der Waals surface area contributed by atoms with E-state index in [-0.39, 0.29) is 12.5 Å². The van der Waals surface area contributed by atoms with Crippen molar-refractivity contribution in [2.45, 2.75) is 32.9 Å². The molecular weight excluding hydrogens is 440 g/mol. The molecule has 5 rings (SSSR count). The maximum Gasteiger partial charge on any atom is 0.184 e. The van der Waals surface area contributed by atoms with Gasteiger partial charge in [0.05, 0.1) is 5.56 Å². The molecule has 2 heterocycles. The maximum atomic E-state index is 13.1. The lowest BCUT2D eigenvalue weighted by molar-refractivity contribution is 0.0981. The highest BCUT2D eigenvalue weighted by molar-refractivity contribution is 6.31. The number of nitrogens with zero attached hydrogens (tertiary/aromatic N) is 4. The van der Waals surface area contributed by atoms with Crippen LogP contribution in [-0.4, -0.2) is 26.0 Å². The Morgan fingerprint density at radius 2 is 1.94 bits per heavy atom. The van der Waals surface area contributed by atoms with Gasteiger partial charge in [0.15, 0.2) is 12.5 Å². The normalized spacial score (nSPS) is 11.3. The van der Waals surface area contributed by atoms with E-state index in [9.17, 15) is 4.79 Å². The lowest BCUT2D eigenvalue weighted by Gasteiger charge is -2.08. The van der Waals surface area contributed by atoms with E-state index in [1.165, 1.54) is 11.0 Å². The van der Waals surface area contributed by atoms with Gasteiger partial charge in [-0.05, 0) is 64.0 Å². The Bertz CT molecular complexity index is 1440. The minimum absolute atomic E-state index is 0.0688. The van der Waals surface area contributed by atoms with E-state index in [1.807, 2.05) is 42.5 Å². The maximum absolute atomic E-state index is 13.1. The van der Waals surface area contributed by atoms with Gasteiger partial charge < -0.3 is 9.15 Å². The fraction of sp³-hybridized carbons (Fsp3) is 0.200. The molecule has 0 N–H and O–H groups in total. The van der Waals surface area contributed by atoms with E-state index in [1.54, 1.807) is 12.1 Å². The van der Waals surface area contributed by atoms with E-state index in [0.717, 1.165) is 34.6 Å². The Morgan fingerprint density at radius 1 is 1.09 bits per heavy atom. The molecule has 5 aromatic rings. The average Bonchev–Trinajstić information content (AvgIpc) is 3.48. The highest BCUT2D eigenvalue weighted by Gasteiger charge is 2.22. The van der Waals surface area contributed by atoms with E-state index >= 15 is 0 Å². The number of hydrogen-bond donors (Lipinski definition) is 0. The van der Waals surface area contributed by atoms with Gasteiger partial charge in [-0.3, -0.25) is 4.79 Å². The molecule has 0 aliphatic heterocycles. The third-order valence-electron chi connectivity index (χ3n) is 5.52. The van der Waals surface area contributed by atoms with Gasteiger partial charge in [-0.15, -0.1) is 5.10 Å². The summed E-state index contributed by atoms with van der Waals surface area (Å²) in [5.74, 6) is 1.35. The van der Waals surface area contributed by atoms with E-state index in [4.69, 9.17) is 20.8 Å². The molecule has 0 aliphatic carbocycles. The van der Waals surface area contributed by atoms with Crippen LogP contribution in [0.15, 0.2) is 65.3 Å². The quantitative estimate of drug-likeness (QED) is 0.252. The van der Waals surface area contributed by atoms with Crippen LogP contribution in [-0.2, 0) is 6.73 Å². The van der Waals surface area contributed by atoms with Crippen LogP contribution in [0.3, 0.4) is 0 Å². The summed E-state index contributed by atoms with van der Waals surface area (Å²) in [6.07, 6.45) is 3.75. The summed E-state index contributed by atoms with van der Waals surface area (Å²) in [5.41, 5.74) is 2.10. The second-order valence-electron chi connectivity index (χ2n) is 7.82. The van der Waals surface area contributed by atoms with Crippen LogP contribution in [0.25, 0.3) is 33.1 Å². The monoisotopic (exact) mass is 460 g/mol. The number of tetrazole rings is 1. The van der Waals surface area contributed by atoms with Crippen molar-refractivity contribution in [3.63, 3.8) is 0 Å². The number of Topliss-reactive ketones (excluding diaryl/α,β-unsaturated/α-hetero) is 1. The van der Waals surface area contributed by atoms with Gasteiger partial charge in [0, 0.05) is 22.4 Å². The van der Waals surface area contributed by atoms with Crippen molar-refractivity contribution < 1.29 is 13.9 Å². The second-order valence-corrected chi connectivity index (χ2v) is 8.26. The summed E-state index contributed by atoms with van der Waals surface area (Å²) in [5, 5.41) is 14.3. The summed E-state index contributed by atoms with van der Waals surface area (Å²) in [4.78, 5) is 13.1. The van der Waals surface area contributed by atoms with Gasteiger partial charge >= 0.3 is 0 Å². The average molecular weight is 461 g/mol. The van der Waals surface area contributed by atoms with Crippen molar-refractivity contribution in [2.24, 2.45) is 0 Å². The van der Waals surface area contributed by atoms with Crippen LogP contribution in [0.1, 0.15) is 36.5 Å². The van der Waals surface area contributed by atoms with Crippen LogP contribution in [0, 0.1) is 0 Å². The molecular formula is C25H21ClN4O3. The molecule has 0 unspecified atom stereocenters. The highest BCUT2D eigenvalue weighted by Crippen LogP contribution is 2.37. The van der Waals surface area contributed by atoms with Gasteiger partial charge in [0.2, 0.25) is 0 Å². The van der Waals surface area contributed by atoms with E-state index in [2.05, 4.69) is 22.4 Å². The molecule has 7 nitrogen and oxygen atoms in total. The van der Waals surface area contributed by atoms with Gasteiger partial charge in [0.1, 0.15) is 23.4 Å². The van der Waals surface area contributed by atoms with Gasteiger partial charge in [0.25, 0.3) is 0 Å². The van der Waals surface area contributed by atoms with Gasteiger partial charge in [-0.2, -0.15) is 4.68 Å². The molecule has 0 spiro atoms. The van der Waals surface area contributed by atoms with Gasteiger partial charge in [-0.25, -0.2) is 0 Å². The summed E-state index contributed by atoms with van der Waals surface area (Å²) in [6.45, 7) is 2.30. The Labute approximate surface area is 194 Å². The number of rotatable bonds is 8. The molecule has 3 aromatic carbocycles. The predicted molar refractivity (Wildman–Crippen MR) is 126 cm³/mol. The molecule has 0 fully saturated rings. The van der Waals surface area contributed by atoms with Crippen molar-refractivity contribution >= 4 is 39.1 Å². The number of carbonyl (C=O) groups excluding carboxylic acids is 1. The summed E-state index contributed by atoms with van der Waals surface area (Å²) >= 11 is 6.23. The first-order valence-corrected chi connectivity index (χ1v) is 11.1. The Balaban J connectivity index is 1.52. The molecule has 33 heavy (non-hydrogen) atoms. The van der Waals surface area contributed by atoms with Crippen LogP contribution in [0.4, 0.5) is 0 Å². The van der Waals surface area contributed by atoms with Crippen molar-refractivity contribution in [2.75, 3.05) is 0 Å². The van der Waals surface area contributed by atoms with Crippen LogP contribution in [0.2, 0.25) is 5.02 Å². The van der Waals surface area contributed by atoms with Crippen LogP contribution >= 0.6 is 11.6 Å². The van der Waals surface area contributed by atoms with Crippen molar-refractivity contribution in [3.05, 3.63) is 71.5 Å². The zero-order valence-electron chi connectivity index (χ0n) is 18.0. The SMILES string of the molecule is CCCCC(=O)c1c(-c2ccc3cc(OCn4cnnn4)ccc3c2)oc2ccc(Cl)cc12. The molecule has 0 aliphatic rings. The number of ether oxygens (including phenoxy) is 1. The number of hydrogen-bond acceptors (Lipinski definition) is 6. The zero-order valence-corrected chi connectivity index (χ0v) is 18.7. The first-order chi connectivity index (χ1) is 16.1. The van der Waals surface area contributed by atoms with Crippen molar-refractivity contribution in [1.29, 1.82) is 0 Å². The van der Waals surface area contributed by atoms with Crippen LogP contribution < -0.4 is 4.74 Å². The van der Waals surface area contributed by atoms with Crippen molar-refractivity contribution in [3.8, 4) is 17.1 Å². The number of fused-ring (bicyclic) bond motifs is 2. The summed E-state index contributed by atoms with van der Waals surface area (Å²) < 4.78 is 13.4. The third kappa shape index (κ3) is 4.32. The first-order valence-electron chi connectivity index (χ1n) is 10.8. The number of benzene rings is 3. The number of carbonyl (C=O) groups is 1. The lowest BCUT2D eigenvalue weighted by Crippen LogP contribution is -2.05. The van der Waals surface area contributed by atoms with E-state index in [0.29, 0.717) is 34.1 Å². The molecule has 0 saturated heterocycles. The fourth-order valence-electron chi connectivity index (χ4n) is 3.85. The second kappa shape index (κ2) is 9.03. The Kier molecular flexibility index (Phi) is 5.79. The minimum Gasteiger partial charge on any atom is -0.471 e. The fourth-order valence-corrected chi connectivity index (χ4v) is 4.02. The molecule has 166 valence electrons. The van der Waals surface area contributed by atoms with Crippen LogP contribution in [0.5, 0.6) is 5.75 Å². The number of aromatic nitrogens is 4. The molecule has 0 atom stereocenters. The van der Waals surface area contributed by atoms with E-state index < -0.39 is 0 Å². The third-order valence-corrected chi connectivity index (χ3v) is 5.75. The topological polar surface area (TPSA) is 83.0 Å². The predicted octanol–water partition coefficient (Wildman–Crippen LogP) is 6.30. The highest BCUT2D eigenvalue weighted by atomic mass is 35.5. The lowest BCUT2D eigenvalue weighted by atomic mass is 9.97. The summed E-state index contributed by atoms with van der Waals surface area (Å²) in [7, 11) is 0. The van der Waals surface area contributed by atoms with Gasteiger partial charge in [-0.1, -0.05) is 43.1 Å². The molecule has 0 bridgehead atoms. The largest absolute Gasteiger partial charge is 0.471 e. The van der Waals surface area contributed by atoms with Crippen molar-refractivity contribution in [1.82, 2.24) is 20.2 Å². The molecule has 2 aromatic heterocycles. The minimum atomic E-state index is 0.0688. The molecule has 0 amide bonds. The number of furan rings is 1. The summed E-state index contributed by atoms with van der Waals surface area (Å²) in [6, 6.07) is 17.2. The standard InChI is InChI=1S/C25H21ClN4O3/c1-2-3-4-22(31)24-21-13-19(26)8-10-23(21)33-25(24)18-6-5-17-12-20(9-7-16(17)11-18)32-15-30-14-27-28-29-30/h5-14H,2-4,15H2,1H3. The number of ketones is 1. The molecule has 0 saturated carbocycles. The number of halogens is 1. The Hall–Kier alpha value is -3.71. The number of unbranched alkanes of at least 4 members (excludes halogenated alkanes) is 1. The molecule has 0 radical (unpaired) electrons. The Morgan fingerprint density at radius 3 is 2.76 bits per heavy atom. The first kappa shape index (κ1) is 21.2. The molecule has 8 heteroatoms. The zero-order chi connectivity index (χ0) is 22.8.